The van der Waals surface area contributed by atoms with E-state index in [-0.39, 0.29) is 17.9 Å². The van der Waals surface area contributed by atoms with Gasteiger partial charge in [-0.1, -0.05) is 6.92 Å². The monoisotopic (exact) mass is 230 g/mol. The predicted octanol–water partition coefficient (Wildman–Crippen LogP) is 0.336. The molecule has 0 radical (unpaired) electrons. The number of hydrogen-bond donors (Lipinski definition) is 3. The van der Waals surface area contributed by atoms with Crippen molar-refractivity contribution < 1.29 is 9.59 Å². The fourth-order valence-corrected chi connectivity index (χ4v) is 2.02. The quantitative estimate of drug-likeness (QED) is 0.610. The van der Waals surface area contributed by atoms with E-state index in [1.807, 2.05) is 0 Å². The highest BCUT2D eigenvalue weighted by atomic mass is 32.1. The number of rotatable bonds is 4. The smallest absolute Gasteiger partial charge is 0.243 e. The molecule has 1 atom stereocenters. The molecule has 5 heteroatoms. The van der Waals surface area contributed by atoms with Gasteiger partial charge in [-0.25, -0.2) is 0 Å². The van der Waals surface area contributed by atoms with Gasteiger partial charge in [0.05, 0.1) is 0 Å². The molecule has 1 aliphatic rings. The molecule has 1 fully saturated rings. The van der Waals surface area contributed by atoms with Crippen molar-refractivity contribution >= 4 is 24.4 Å². The fraction of sp³-hybridized carbons (Fsp3) is 0.800. The summed E-state index contributed by atoms with van der Waals surface area (Å²) in [6.45, 7) is 3.56. The van der Waals surface area contributed by atoms with E-state index in [1.165, 1.54) is 6.92 Å². The van der Waals surface area contributed by atoms with Gasteiger partial charge in [0.15, 0.2) is 0 Å². The Hall–Kier alpha value is -0.710. The molecule has 4 nitrogen and oxygen atoms in total. The third kappa shape index (κ3) is 3.74. The molecule has 0 saturated heterocycles. The molecular weight excluding hydrogens is 212 g/mol. The van der Waals surface area contributed by atoms with E-state index in [2.05, 4.69) is 30.2 Å². The van der Waals surface area contributed by atoms with Gasteiger partial charge in [0.2, 0.25) is 11.8 Å². The molecule has 86 valence electrons. The van der Waals surface area contributed by atoms with Crippen LogP contribution in [0.2, 0.25) is 0 Å². The van der Waals surface area contributed by atoms with E-state index in [1.54, 1.807) is 0 Å². The van der Waals surface area contributed by atoms with Gasteiger partial charge in [-0.2, -0.15) is 12.6 Å². The predicted molar refractivity (Wildman–Crippen MR) is 61.8 cm³/mol. The molecule has 15 heavy (non-hydrogen) atoms. The summed E-state index contributed by atoms with van der Waals surface area (Å²) >= 11 is 4.04. The third-order valence-corrected chi connectivity index (χ3v) is 2.96. The largest absolute Gasteiger partial charge is 0.352 e. The molecule has 0 bridgehead atoms. The molecule has 2 N–H and O–H groups in total. The van der Waals surface area contributed by atoms with Crippen LogP contribution >= 0.6 is 12.6 Å². The maximum atomic E-state index is 11.6. The summed E-state index contributed by atoms with van der Waals surface area (Å²) < 4.78 is 0. The summed E-state index contributed by atoms with van der Waals surface area (Å²) in [7, 11) is 0. The second-order valence-corrected chi connectivity index (χ2v) is 4.58. The standard InChI is InChI=1S/C10H18N2O2S/c1-6-3-8(4-6)12-10(14)9(5-15)11-7(2)13/h6,8-9,15H,3-5H2,1-2H3,(H,11,13)(H,12,14). The average molecular weight is 230 g/mol. The number of carbonyl (C=O) groups excluding carboxylic acids is 2. The Kier molecular flexibility index (Phi) is 4.45. The summed E-state index contributed by atoms with van der Waals surface area (Å²) in [6, 6.07) is -0.231. The van der Waals surface area contributed by atoms with Crippen LogP contribution in [0.1, 0.15) is 26.7 Å². The zero-order chi connectivity index (χ0) is 11.4. The lowest BCUT2D eigenvalue weighted by Crippen LogP contribution is -2.53. The lowest BCUT2D eigenvalue weighted by Gasteiger charge is -2.34. The van der Waals surface area contributed by atoms with Gasteiger partial charge in [0, 0.05) is 18.7 Å². The van der Waals surface area contributed by atoms with Crippen LogP contribution in [-0.4, -0.2) is 29.7 Å². The van der Waals surface area contributed by atoms with Crippen LogP contribution < -0.4 is 10.6 Å². The van der Waals surface area contributed by atoms with Crippen LogP contribution in [0.15, 0.2) is 0 Å². The highest BCUT2D eigenvalue weighted by Crippen LogP contribution is 2.26. The summed E-state index contributed by atoms with van der Waals surface area (Å²) in [5.74, 6) is 0.696. The molecule has 2 amide bonds. The molecule has 0 aromatic carbocycles. The van der Waals surface area contributed by atoms with Gasteiger partial charge < -0.3 is 10.6 Å². The van der Waals surface area contributed by atoms with Gasteiger partial charge in [-0.15, -0.1) is 0 Å². The first-order valence-electron chi connectivity index (χ1n) is 5.21. The van der Waals surface area contributed by atoms with Gasteiger partial charge in [0.1, 0.15) is 6.04 Å². The molecule has 1 aliphatic carbocycles. The molecule has 0 aromatic heterocycles. The van der Waals surface area contributed by atoms with Crippen LogP contribution in [0.3, 0.4) is 0 Å². The van der Waals surface area contributed by atoms with E-state index in [9.17, 15) is 9.59 Å². The first-order valence-corrected chi connectivity index (χ1v) is 5.84. The first-order chi connectivity index (χ1) is 7.02. The Morgan fingerprint density at radius 2 is 2.07 bits per heavy atom. The molecule has 1 saturated carbocycles. The molecule has 0 heterocycles. The van der Waals surface area contributed by atoms with Crippen molar-refractivity contribution in [3.63, 3.8) is 0 Å². The lowest BCUT2D eigenvalue weighted by atomic mass is 9.82. The summed E-state index contributed by atoms with van der Waals surface area (Å²) in [5, 5.41) is 5.47. The van der Waals surface area contributed by atoms with Crippen molar-refractivity contribution in [1.29, 1.82) is 0 Å². The lowest BCUT2D eigenvalue weighted by molar-refractivity contribution is -0.128. The second-order valence-electron chi connectivity index (χ2n) is 4.22. The number of hydrogen-bond acceptors (Lipinski definition) is 3. The van der Waals surface area contributed by atoms with Crippen molar-refractivity contribution in [2.45, 2.75) is 38.8 Å². The highest BCUT2D eigenvalue weighted by molar-refractivity contribution is 7.80. The molecular formula is C10H18N2O2S. The van der Waals surface area contributed by atoms with E-state index in [0.29, 0.717) is 11.7 Å². The minimum absolute atomic E-state index is 0.128. The Balaban J connectivity index is 2.33. The number of amides is 2. The summed E-state index contributed by atoms with van der Waals surface area (Å²) in [5.41, 5.74) is 0. The maximum absolute atomic E-state index is 11.6. The number of thiol groups is 1. The SMILES string of the molecule is CC(=O)NC(CS)C(=O)NC1CC(C)C1. The van der Waals surface area contributed by atoms with Crippen LogP contribution in [0.25, 0.3) is 0 Å². The minimum Gasteiger partial charge on any atom is -0.352 e. The number of carbonyl (C=O) groups is 2. The van der Waals surface area contributed by atoms with Crippen LogP contribution in [0, 0.1) is 5.92 Å². The average Bonchev–Trinajstić information content (AvgIpc) is 2.11. The van der Waals surface area contributed by atoms with E-state index in [0.717, 1.165) is 12.8 Å². The Morgan fingerprint density at radius 1 is 1.47 bits per heavy atom. The third-order valence-electron chi connectivity index (χ3n) is 2.60. The molecule has 1 rings (SSSR count). The topological polar surface area (TPSA) is 58.2 Å². The van der Waals surface area contributed by atoms with Crippen LogP contribution in [0.4, 0.5) is 0 Å². The van der Waals surface area contributed by atoms with Crippen molar-refractivity contribution in [2.75, 3.05) is 5.75 Å². The maximum Gasteiger partial charge on any atom is 0.243 e. The van der Waals surface area contributed by atoms with Gasteiger partial charge in [-0.3, -0.25) is 9.59 Å². The Bertz CT molecular complexity index is 252. The normalized spacial score (nSPS) is 26.3. The van der Waals surface area contributed by atoms with Crippen LogP contribution in [-0.2, 0) is 9.59 Å². The van der Waals surface area contributed by atoms with Gasteiger partial charge in [-0.05, 0) is 18.8 Å². The van der Waals surface area contributed by atoms with E-state index in [4.69, 9.17) is 0 Å². The molecule has 1 unspecified atom stereocenters. The van der Waals surface area contributed by atoms with Crippen molar-refractivity contribution in [3.8, 4) is 0 Å². The van der Waals surface area contributed by atoms with Gasteiger partial charge in [0.25, 0.3) is 0 Å². The molecule has 0 spiro atoms. The van der Waals surface area contributed by atoms with Gasteiger partial charge >= 0.3 is 0 Å². The summed E-state index contributed by atoms with van der Waals surface area (Å²) in [4.78, 5) is 22.5. The molecule has 0 aliphatic heterocycles. The first kappa shape index (κ1) is 12.4. The minimum atomic E-state index is -0.512. The zero-order valence-electron chi connectivity index (χ0n) is 9.12. The van der Waals surface area contributed by atoms with E-state index >= 15 is 0 Å². The van der Waals surface area contributed by atoms with E-state index < -0.39 is 6.04 Å². The van der Waals surface area contributed by atoms with Crippen molar-refractivity contribution in [1.82, 2.24) is 10.6 Å². The van der Waals surface area contributed by atoms with Crippen molar-refractivity contribution in [3.05, 3.63) is 0 Å². The second kappa shape index (κ2) is 5.39. The number of nitrogens with one attached hydrogen (secondary N) is 2. The Morgan fingerprint density at radius 3 is 2.47 bits per heavy atom. The molecule has 0 aromatic rings. The fourth-order valence-electron chi connectivity index (χ4n) is 1.76. The summed E-state index contributed by atoms with van der Waals surface area (Å²) in [6.07, 6.45) is 2.07. The van der Waals surface area contributed by atoms with Crippen molar-refractivity contribution in [2.24, 2.45) is 5.92 Å². The highest BCUT2D eigenvalue weighted by Gasteiger charge is 2.28. The van der Waals surface area contributed by atoms with Crippen LogP contribution in [0.5, 0.6) is 0 Å². The Labute approximate surface area is 95.6 Å². The zero-order valence-corrected chi connectivity index (χ0v) is 10.0.